The van der Waals surface area contributed by atoms with Gasteiger partial charge < -0.3 is 0 Å². The molecule has 15 heavy (non-hydrogen) atoms. The maximum atomic E-state index is 8.94. The van der Waals surface area contributed by atoms with E-state index in [-0.39, 0.29) is 5.92 Å². The summed E-state index contributed by atoms with van der Waals surface area (Å²) in [6.07, 6.45) is 0.847. The third-order valence-corrected chi connectivity index (χ3v) is 3.44. The number of benzene rings is 1. The van der Waals surface area contributed by atoms with Gasteiger partial charge in [0.05, 0.1) is 12.0 Å². The average Bonchev–Trinajstić information content (AvgIpc) is 2.17. The van der Waals surface area contributed by atoms with E-state index in [9.17, 15) is 0 Å². The first-order valence-corrected chi connectivity index (χ1v) is 6.23. The van der Waals surface area contributed by atoms with Crippen LogP contribution in [0.25, 0.3) is 0 Å². The first-order valence-electron chi connectivity index (χ1n) is 5.10. The van der Waals surface area contributed by atoms with Gasteiger partial charge in [-0.15, -0.1) is 0 Å². The van der Waals surface area contributed by atoms with Crippen molar-refractivity contribution in [3.8, 4) is 6.07 Å². The molecule has 1 atom stereocenters. The molecule has 1 rings (SSSR count). The van der Waals surface area contributed by atoms with E-state index in [0.29, 0.717) is 0 Å². The lowest BCUT2D eigenvalue weighted by molar-refractivity contribution is 0.747. The largest absolute Gasteiger partial charge is 0.198 e. The molecule has 0 N–H and O–H groups in total. The van der Waals surface area contributed by atoms with Crippen molar-refractivity contribution >= 4 is 15.9 Å². The Kier molecular flexibility index (Phi) is 4.35. The summed E-state index contributed by atoms with van der Waals surface area (Å²) in [6, 6.07) is 6.69. The first-order chi connectivity index (χ1) is 7.08. The van der Waals surface area contributed by atoms with Gasteiger partial charge in [0.2, 0.25) is 0 Å². The van der Waals surface area contributed by atoms with Gasteiger partial charge in [0.25, 0.3) is 0 Å². The number of nitriles is 1. The molecule has 1 nitrogen and oxygen atoms in total. The first kappa shape index (κ1) is 12.3. The van der Waals surface area contributed by atoms with E-state index < -0.39 is 0 Å². The number of hydrogen-bond acceptors (Lipinski definition) is 1. The fourth-order valence-electron chi connectivity index (χ4n) is 1.91. The Hall–Kier alpha value is -0.810. The van der Waals surface area contributed by atoms with Gasteiger partial charge in [-0.1, -0.05) is 33.6 Å². The number of rotatable bonds is 3. The molecule has 0 amide bonds. The molecule has 0 fully saturated rings. The maximum absolute atomic E-state index is 8.94. The van der Waals surface area contributed by atoms with Crippen LogP contribution in [0.1, 0.15) is 22.3 Å². The van der Waals surface area contributed by atoms with Gasteiger partial charge in [-0.25, -0.2) is 0 Å². The summed E-state index contributed by atoms with van der Waals surface area (Å²) in [5.41, 5.74) is 5.22. The molecular formula is C13H16BrN. The summed E-state index contributed by atoms with van der Waals surface area (Å²) in [7, 11) is 0. The van der Waals surface area contributed by atoms with Gasteiger partial charge in [0, 0.05) is 5.33 Å². The van der Waals surface area contributed by atoms with E-state index >= 15 is 0 Å². The van der Waals surface area contributed by atoms with Crippen LogP contribution in [0.15, 0.2) is 12.1 Å². The Balaban J connectivity index is 3.00. The van der Waals surface area contributed by atoms with Crippen LogP contribution in [0.3, 0.4) is 0 Å². The Bertz CT molecular complexity index is 367. The Morgan fingerprint density at radius 2 is 1.80 bits per heavy atom. The van der Waals surface area contributed by atoms with Crippen molar-refractivity contribution in [1.29, 1.82) is 5.26 Å². The summed E-state index contributed by atoms with van der Waals surface area (Å²) >= 11 is 3.37. The zero-order valence-corrected chi connectivity index (χ0v) is 11.1. The standard InChI is InChI=1S/C13H16BrN/c1-9-4-10(2)13(11(3)5-9)6-12(7-14)8-15/h4-5,12H,6-7H2,1-3H3. The number of hydrogen-bond donors (Lipinski definition) is 0. The van der Waals surface area contributed by atoms with Gasteiger partial charge in [-0.3, -0.25) is 0 Å². The van der Waals surface area contributed by atoms with Crippen LogP contribution >= 0.6 is 15.9 Å². The molecule has 0 heterocycles. The number of alkyl halides is 1. The van der Waals surface area contributed by atoms with E-state index in [1.807, 2.05) is 0 Å². The summed E-state index contributed by atoms with van der Waals surface area (Å²) < 4.78 is 0. The zero-order valence-electron chi connectivity index (χ0n) is 9.47. The van der Waals surface area contributed by atoms with Crippen molar-refractivity contribution in [1.82, 2.24) is 0 Å². The third-order valence-electron chi connectivity index (χ3n) is 2.66. The lowest BCUT2D eigenvalue weighted by Crippen LogP contribution is -2.06. The lowest BCUT2D eigenvalue weighted by atomic mass is 9.93. The highest BCUT2D eigenvalue weighted by molar-refractivity contribution is 9.09. The van der Waals surface area contributed by atoms with Crippen molar-refractivity contribution in [3.63, 3.8) is 0 Å². The Morgan fingerprint density at radius 3 is 2.20 bits per heavy atom. The number of halogens is 1. The van der Waals surface area contributed by atoms with Crippen LogP contribution < -0.4 is 0 Å². The quantitative estimate of drug-likeness (QED) is 0.765. The molecule has 1 aromatic carbocycles. The molecule has 0 radical (unpaired) electrons. The molecule has 0 saturated heterocycles. The van der Waals surface area contributed by atoms with E-state index in [1.165, 1.54) is 22.3 Å². The molecule has 0 aliphatic heterocycles. The molecule has 0 aliphatic carbocycles. The highest BCUT2D eigenvalue weighted by atomic mass is 79.9. The minimum absolute atomic E-state index is 0.0742. The molecule has 1 aromatic rings. The second-order valence-corrected chi connectivity index (χ2v) is 4.71. The predicted octanol–water partition coefficient (Wildman–Crippen LogP) is 3.69. The number of aryl methyl sites for hydroxylation is 3. The van der Waals surface area contributed by atoms with Crippen molar-refractivity contribution in [2.75, 3.05) is 5.33 Å². The summed E-state index contributed by atoms with van der Waals surface area (Å²) in [5, 5.41) is 9.69. The van der Waals surface area contributed by atoms with Crippen molar-refractivity contribution in [3.05, 3.63) is 34.4 Å². The fraction of sp³-hybridized carbons (Fsp3) is 0.462. The molecule has 0 spiro atoms. The third kappa shape index (κ3) is 3.07. The highest BCUT2D eigenvalue weighted by Gasteiger charge is 2.11. The predicted molar refractivity (Wildman–Crippen MR) is 67.3 cm³/mol. The molecule has 0 aliphatic rings. The normalized spacial score (nSPS) is 12.2. The van der Waals surface area contributed by atoms with Gasteiger partial charge >= 0.3 is 0 Å². The second-order valence-electron chi connectivity index (χ2n) is 4.06. The van der Waals surface area contributed by atoms with Crippen molar-refractivity contribution in [2.24, 2.45) is 5.92 Å². The highest BCUT2D eigenvalue weighted by Crippen LogP contribution is 2.20. The van der Waals surface area contributed by atoms with Crippen LogP contribution in [0.4, 0.5) is 0 Å². The topological polar surface area (TPSA) is 23.8 Å². The Morgan fingerprint density at radius 1 is 1.27 bits per heavy atom. The zero-order chi connectivity index (χ0) is 11.4. The molecule has 0 aromatic heterocycles. The minimum atomic E-state index is 0.0742. The fourth-order valence-corrected chi connectivity index (χ4v) is 2.29. The summed E-state index contributed by atoms with van der Waals surface area (Å²) in [4.78, 5) is 0. The van der Waals surface area contributed by atoms with Gasteiger partial charge in [0.15, 0.2) is 0 Å². The van der Waals surface area contributed by atoms with Crippen LogP contribution in [0, 0.1) is 38.0 Å². The second kappa shape index (κ2) is 5.32. The Labute approximate surface area is 100 Å². The van der Waals surface area contributed by atoms with Gasteiger partial charge in [-0.2, -0.15) is 5.26 Å². The lowest BCUT2D eigenvalue weighted by Gasteiger charge is -2.13. The van der Waals surface area contributed by atoms with Gasteiger partial charge in [-0.05, 0) is 43.9 Å². The van der Waals surface area contributed by atoms with Gasteiger partial charge in [0.1, 0.15) is 0 Å². The molecule has 80 valence electrons. The molecule has 0 saturated carbocycles. The molecule has 1 unspecified atom stereocenters. The average molecular weight is 266 g/mol. The van der Waals surface area contributed by atoms with Crippen molar-refractivity contribution < 1.29 is 0 Å². The monoisotopic (exact) mass is 265 g/mol. The van der Waals surface area contributed by atoms with Crippen LogP contribution in [0.2, 0.25) is 0 Å². The van der Waals surface area contributed by atoms with E-state index in [1.54, 1.807) is 0 Å². The van der Waals surface area contributed by atoms with E-state index in [4.69, 9.17) is 5.26 Å². The molecule has 0 bridgehead atoms. The number of nitrogens with zero attached hydrogens (tertiary/aromatic N) is 1. The summed E-state index contributed by atoms with van der Waals surface area (Å²) in [6.45, 7) is 6.35. The molecule has 2 heteroatoms. The minimum Gasteiger partial charge on any atom is -0.198 e. The van der Waals surface area contributed by atoms with E-state index in [2.05, 4.69) is 54.9 Å². The maximum Gasteiger partial charge on any atom is 0.0668 e. The molecular weight excluding hydrogens is 250 g/mol. The summed E-state index contributed by atoms with van der Waals surface area (Å²) in [5.74, 6) is 0.0742. The smallest absolute Gasteiger partial charge is 0.0668 e. The van der Waals surface area contributed by atoms with Crippen LogP contribution in [0.5, 0.6) is 0 Å². The van der Waals surface area contributed by atoms with E-state index in [0.717, 1.165) is 11.8 Å². The van der Waals surface area contributed by atoms with Crippen LogP contribution in [-0.4, -0.2) is 5.33 Å². The SMILES string of the molecule is Cc1cc(C)c(CC(C#N)CBr)c(C)c1. The van der Waals surface area contributed by atoms with Crippen LogP contribution in [-0.2, 0) is 6.42 Å². The van der Waals surface area contributed by atoms with Crippen molar-refractivity contribution in [2.45, 2.75) is 27.2 Å².